The number of amides is 1. The van der Waals surface area contributed by atoms with Gasteiger partial charge in [0.25, 0.3) is 11.8 Å². The molecule has 7 heteroatoms. The molecule has 5 rings (SSSR count). The lowest BCUT2D eigenvalue weighted by Crippen LogP contribution is -2.57. The number of benzene rings is 2. The fraction of sp³-hybridized carbons (Fsp3) is 0.346. The van der Waals surface area contributed by atoms with E-state index in [4.69, 9.17) is 0 Å². The largest absolute Gasteiger partial charge is 0.343 e. The highest BCUT2D eigenvalue weighted by atomic mass is 19.3. The van der Waals surface area contributed by atoms with Crippen molar-refractivity contribution in [3.05, 3.63) is 77.6 Å². The molecule has 1 saturated carbocycles. The molecule has 0 bridgehead atoms. The van der Waals surface area contributed by atoms with Crippen LogP contribution in [0, 0.1) is 5.92 Å². The van der Waals surface area contributed by atoms with Gasteiger partial charge in [0.2, 0.25) is 0 Å². The van der Waals surface area contributed by atoms with Crippen molar-refractivity contribution in [1.82, 2.24) is 15.6 Å². The number of hydrogen-bond acceptors (Lipinski definition) is 4. The SMILES string of the molecule is O=C(NC1CCNCC1(F)F)c1cccc([C@@H]2C[C@H]2C(=O)Cc2ccc3cnccc3c2)c1. The molecule has 0 radical (unpaired) electrons. The lowest BCUT2D eigenvalue weighted by Gasteiger charge is -2.32. The van der Waals surface area contributed by atoms with Gasteiger partial charge in [-0.1, -0.05) is 30.3 Å². The van der Waals surface area contributed by atoms with Crippen LogP contribution in [0.1, 0.15) is 40.2 Å². The molecule has 0 spiro atoms. The topological polar surface area (TPSA) is 71.1 Å². The van der Waals surface area contributed by atoms with Crippen LogP contribution < -0.4 is 10.6 Å². The van der Waals surface area contributed by atoms with Crippen molar-refractivity contribution in [2.75, 3.05) is 13.1 Å². The normalized spacial score (nSPS) is 23.8. The molecular formula is C26H25F2N3O2. The quantitative estimate of drug-likeness (QED) is 0.599. The van der Waals surface area contributed by atoms with Crippen molar-refractivity contribution >= 4 is 22.5 Å². The number of nitrogens with zero attached hydrogens (tertiary/aromatic N) is 1. The van der Waals surface area contributed by atoms with Gasteiger partial charge in [0, 0.05) is 35.7 Å². The van der Waals surface area contributed by atoms with E-state index in [2.05, 4.69) is 15.6 Å². The number of piperidine rings is 1. The third-order valence-electron chi connectivity index (χ3n) is 6.65. The fourth-order valence-electron chi connectivity index (χ4n) is 4.66. The predicted molar refractivity (Wildman–Crippen MR) is 121 cm³/mol. The maximum Gasteiger partial charge on any atom is 0.280 e. The molecule has 1 aliphatic carbocycles. The lowest BCUT2D eigenvalue weighted by molar-refractivity contribution is -0.119. The van der Waals surface area contributed by atoms with E-state index in [0.29, 0.717) is 18.5 Å². The summed E-state index contributed by atoms with van der Waals surface area (Å²) in [6.45, 7) is 0.0124. The number of ketones is 1. The number of Topliss-reactive ketones (excluding diaryl/α,β-unsaturated/α-hetero) is 1. The summed E-state index contributed by atoms with van der Waals surface area (Å²) in [5.41, 5.74) is 2.23. The minimum Gasteiger partial charge on any atom is -0.343 e. The second kappa shape index (κ2) is 8.63. The summed E-state index contributed by atoms with van der Waals surface area (Å²) in [6, 6.07) is 13.7. The Kier molecular flexibility index (Phi) is 5.66. The Labute approximate surface area is 190 Å². The van der Waals surface area contributed by atoms with Crippen LogP contribution in [0.5, 0.6) is 0 Å². The zero-order valence-corrected chi connectivity index (χ0v) is 18.1. The molecule has 1 unspecified atom stereocenters. The van der Waals surface area contributed by atoms with Crippen LogP contribution in [0.15, 0.2) is 60.9 Å². The Morgan fingerprint density at radius 3 is 2.85 bits per heavy atom. The van der Waals surface area contributed by atoms with Gasteiger partial charge in [0.15, 0.2) is 0 Å². The zero-order chi connectivity index (χ0) is 23.0. The van der Waals surface area contributed by atoms with Gasteiger partial charge >= 0.3 is 0 Å². The van der Waals surface area contributed by atoms with Gasteiger partial charge in [-0.2, -0.15) is 0 Å². The summed E-state index contributed by atoms with van der Waals surface area (Å²) in [5, 5.41) is 7.24. The Hall–Kier alpha value is -3.19. The minimum atomic E-state index is -2.97. The van der Waals surface area contributed by atoms with Crippen LogP contribution >= 0.6 is 0 Å². The third-order valence-corrected chi connectivity index (χ3v) is 6.65. The van der Waals surface area contributed by atoms with E-state index in [9.17, 15) is 18.4 Å². The minimum absolute atomic E-state index is 0.0650. The van der Waals surface area contributed by atoms with Gasteiger partial charge < -0.3 is 10.6 Å². The molecule has 3 aromatic rings. The summed E-state index contributed by atoms with van der Waals surface area (Å²) < 4.78 is 28.1. The summed E-state index contributed by atoms with van der Waals surface area (Å²) >= 11 is 0. The highest BCUT2D eigenvalue weighted by molar-refractivity contribution is 5.95. The Morgan fingerprint density at radius 1 is 1.12 bits per heavy atom. The molecular weight excluding hydrogens is 424 g/mol. The smallest absolute Gasteiger partial charge is 0.280 e. The van der Waals surface area contributed by atoms with Crippen LogP contribution in [0.25, 0.3) is 10.8 Å². The van der Waals surface area contributed by atoms with Crippen molar-refractivity contribution in [1.29, 1.82) is 0 Å². The van der Waals surface area contributed by atoms with E-state index in [1.807, 2.05) is 30.3 Å². The number of alkyl halides is 2. The molecule has 3 atom stereocenters. The molecule has 5 nitrogen and oxygen atoms in total. The van der Waals surface area contributed by atoms with E-state index in [0.717, 1.165) is 28.3 Å². The van der Waals surface area contributed by atoms with Crippen LogP contribution in [-0.4, -0.2) is 41.7 Å². The molecule has 1 aliphatic heterocycles. The van der Waals surface area contributed by atoms with E-state index in [1.54, 1.807) is 30.6 Å². The summed E-state index contributed by atoms with van der Waals surface area (Å²) in [5.74, 6) is -3.31. The maximum absolute atomic E-state index is 14.0. The van der Waals surface area contributed by atoms with Crippen molar-refractivity contribution in [2.45, 2.75) is 37.1 Å². The maximum atomic E-state index is 14.0. The number of carbonyl (C=O) groups excluding carboxylic acids is 2. The van der Waals surface area contributed by atoms with E-state index < -0.39 is 24.4 Å². The van der Waals surface area contributed by atoms with Crippen molar-refractivity contribution < 1.29 is 18.4 Å². The van der Waals surface area contributed by atoms with Crippen molar-refractivity contribution in [2.24, 2.45) is 5.92 Å². The first-order valence-corrected chi connectivity index (χ1v) is 11.3. The Morgan fingerprint density at radius 2 is 2.00 bits per heavy atom. The molecule has 1 saturated heterocycles. The number of rotatable bonds is 6. The molecule has 33 heavy (non-hydrogen) atoms. The standard InChI is InChI=1S/C26H25F2N3O2/c27-26(28)15-30-9-7-24(26)31-25(33)19-3-1-2-18(12-19)21-13-22(21)23(32)11-16-4-5-20-14-29-8-6-17(20)10-16/h1-6,8,10,12,14,21-22,24,30H,7,9,11,13,15H2,(H,31,33)/t21-,22+,24?/m0/s1. The molecule has 2 aliphatic rings. The van der Waals surface area contributed by atoms with Crippen LogP contribution in [0.4, 0.5) is 8.78 Å². The molecule has 2 heterocycles. The second-order valence-electron chi connectivity index (χ2n) is 9.03. The van der Waals surface area contributed by atoms with Gasteiger partial charge in [-0.3, -0.25) is 14.6 Å². The first kappa shape index (κ1) is 21.6. The number of nitrogens with one attached hydrogen (secondary N) is 2. The molecule has 2 fully saturated rings. The first-order valence-electron chi connectivity index (χ1n) is 11.3. The van der Waals surface area contributed by atoms with Crippen LogP contribution in [0.3, 0.4) is 0 Å². The average molecular weight is 450 g/mol. The van der Waals surface area contributed by atoms with E-state index >= 15 is 0 Å². The number of hydrogen-bond donors (Lipinski definition) is 2. The van der Waals surface area contributed by atoms with Crippen molar-refractivity contribution in [3.63, 3.8) is 0 Å². The summed E-state index contributed by atoms with van der Waals surface area (Å²) in [7, 11) is 0. The van der Waals surface area contributed by atoms with Crippen LogP contribution in [-0.2, 0) is 11.2 Å². The summed E-state index contributed by atoms with van der Waals surface area (Å²) in [4.78, 5) is 29.6. The Balaban J connectivity index is 1.23. The number of carbonyl (C=O) groups is 2. The van der Waals surface area contributed by atoms with Crippen LogP contribution in [0.2, 0.25) is 0 Å². The molecule has 2 aromatic carbocycles. The number of pyridine rings is 1. The van der Waals surface area contributed by atoms with Gasteiger partial charge in [-0.05, 0) is 60.0 Å². The fourth-order valence-corrected chi connectivity index (χ4v) is 4.66. The third kappa shape index (κ3) is 4.64. The molecule has 170 valence electrons. The number of aromatic nitrogens is 1. The lowest BCUT2D eigenvalue weighted by atomic mass is 9.99. The van der Waals surface area contributed by atoms with E-state index in [1.165, 1.54) is 0 Å². The predicted octanol–water partition coefficient (Wildman–Crippen LogP) is 3.88. The van der Waals surface area contributed by atoms with Gasteiger partial charge in [0.1, 0.15) is 5.78 Å². The van der Waals surface area contributed by atoms with Gasteiger partial charge in [0.05, 0.1) is 12.6 Å². The molecule has 2 N–H and O–H groups in total. The first-order chi connectivity index (χ1) is 15.9. The number of halogens is 2. The average Bonchev–Trinajstić information content (AvgIpc) is 3.62. The Bertz CT molecular complexity index is 1210. The molecule has 1 amide bonds. The summed E-state index contributed by atoms with van der Waals surface area (Å²) in [6.07, 6.45) is 4.83. The number of fused-ring (bicyclic) bond motifs is 1. The zero-order valence-electron chi connectivity index (χ0n) is 18.1. The van der Waals surface area contributed by atoms with Gasteiger partial charge in [-0.15, -0.1) is 0 Å². The van der Waals surface area contributed by atoms with Crippen molar-refractivity contribution in [3.8, 4) is 0 Å². The molecule has 1 aromatic heterocycles. The highest BCUT2D eigenvalue weighted by Crippen LogP contribution is 2.48. The van der Waals surface area contributed by atoms with E-state index in [-0.39, 0.29) is 24.0 Å². The second-order valence-corrected chi connectivity index (χ2v) is 9.03. The highest BCUT2D eigenvalue weighted by Gasteiger charge is 2.44. The monoisotopic (exact) mass is 449 g/mol. The van der Waals surface area contributed by atoms with Gasteiger partial charge in [-0.25, -0.2) is 8.78 Å².